The second-order valence-corrected chi connectivity index (χ2v) is 4.46. The van der Waals surface area contributed by atoms with Crippen LogP contribution in [0, 0.1) is 0 Å². The molecular weight excluding hydrogens is 272 g/mol. The fraction of sp³-hybridized carbons (Fsp3) is 0.286. The zero-order valence-electron chi connectivity index (χ0n) is 12.2. The molecule has 0 spiro atoms. The number of amides is 1. The van der Waals surface area contributed by atoms with Crippen molar-refractivity contribution in [3.63, 3.8) is 0 Å². The fourth-order valence-corrected chi connectivity index (χ4v) is 1.85. The van der Waals surface area contributed by atoms with Gasteiger partial charge in [-0.15, -0.1) is 0 Å². The number of aromatic nitrogens is 2. The summed E-state index contributed by atoms with van der Waals surface area (Å²) in [6.45, 7) is 0.512. The van der Waals surface area contributed by atoms with Crippen LogP contribution in [0.3, 0.4) is 0 Å². The van der Waals surface area contributed by atoms with Crippen LogP contribution >= 0.6 is 0 Å². The molecule has 0 aliphatic rings. The molecule has 0 unspecified atom stereocenters. The third kappa shape index (κ3) is 3.32. The van der Waals surface area contributed by atoms with E-state index in [1.54, 1.807) is 18.0 Å². The zero-order valence-corrected chi connectivity index (χ0v) is 12.2. The second kappa shape index (κ2) is 6.27. The molecule has 1 amide bonds. The van der Waals surface area contributed by atoms with Crippen LogP contribution in [-0.4, -0.2) is 42.0 Å². The number of carbonyl (C=O) groups excluding carboxylic acids is 1. The Bertz CT molecular complexity index is 622. The monoisotopic (exact) mass is 290 g/mol. The van der Waals surface area contributed by atoms with Gasteiger partial charge in [0.1, 0.15) is 11.3 Å². The molecule has 0 aliphatic heterocycles. The van der Waals surface area contributed by atoms with Gasteiger partial charge in [-0.25, -0.2) is 5.06 Å². The minimum absolute atomic E-state index is 0.178. The van der Waals surface area contributed by atoms with E-state index in [0.717, 1.165) is 16.4 Å². The number of hydrogen-bond donors (Lipinski definition) is 1. The van der Waals surface area contributed by atoms with Crippen molar-refractivity contribution in [1.82, 2.24) is 14.8 Å². The SMILES string of the molecule is COc1ccc(Cn2cc(C(=O)N(C)OC)c(N)n2)cc1. The van der Waals surface area contributed by atoms with Crippen LogP contribution in [0.15, 0.2) is 30.5 Å². The average molecular weight is 290 g/mol. The number of anilines is 1. The van der Waals surface area contributed by atoms with Crippen LogP contribution in [0.4, 0.5) is 5.82 Å². The predicted molar refractivity (Wildman–Crippen MR) is 77.8 cm³/mol. The number of carbonyl (C=O) groups is 1. The number of ether oxygens (including phenoxy) is 1. The molecule has 2 N–H and O–H groups in total. The quantitative estimate of drug-likeness (QED) is 0.835. The first-order chi connectivity index (χ1) is 10.0. The number of hydroxylamine groups is 2. The molecule has 1 heterocycles. The van der Waals surface area contributed by atoms with Crippen LogP contribution in [0.2, 0.25) is 0 Å². The normalized spacial score (nSPS) is 10.4. The van der Waals surface area contributed by atoms with Crippen molar-refractivity contribution in [2.75, 3.05) is 27.0 Å². The Morgan fingerprint density at radius 2 is 2.00 bits per heavy atom. The van der Waals surface area contributed by atoms with Crippen LogP contribution < -0.4 is 10.5 Å². The van der Waals surface area contributed by atoms with Crippen molar-refractivity contribution in [3.05, 3.63) is 41.6 Å². The molecule has 0 aliphatic carbocycles. The minimum Gasteiger partial charge on any atom is -0.497 e. The lowest BCUT2D eigenvalue weighted by molar-refractivity contribution is -0.0756. The molecule has 0 radical (unpaired) electrons. The fourth-order valence-electron chi connectivity index (χ4n) is 1.85. The molecule has 0 fully saturated rings. The van der Waals surface area contributed by atoms with Crippen LogP contribution in [0.25, 0.3) is 0 Å². The summed E-state index contributed by atoms with van der Waals surface area (Å²) in [5.41, 5.74) is 7.12. The molecule has 112 valence electrons. The van der Waals surface area contributed by atoms with E-state index in [1.165, 1.54) is 14.2 Å². The highest BCUT2D eigenvalue weighted by atomic mass is 16.7. The van der Waals surface area contributed by atoms with E-state index in [1.807, 2.05) is 24.3 Å². The predicted octanol–water partition coefficient (Wildman–Crippen LogP) is 1.16. The summed E-state index contributed by atoms with van der Waals surface area (Å²) >= 11 is 0. The van der Waals surface area contributed by atoms with Crippen molar-refractivity contribution >= 4 is 11.7 Å². The van der Waals surface area contributed by atoms with Crippen molar-refractivity contribution in [1.29, 1.82) is 0 Å². The van der Waals surface area contributed by atoms with Crippen LogP contribution in [0.1, 0.15) is 15.9 Å². The van der Waals surface area contributed by atoms with E-state index in [4.69, 9.17) is 15.3 Å². The number of rotatable bonds is 5. The van der Waals surface area contributed by atoms with E-state index >= 15 is 0 Å². The molecular formula is C14H18N4O3. The molecule has 0 atom stereocenters. The van der Waals surface area contributed by atoms with Gasteiger partial charge >= 0.3 is 0 Å². The summed E-state index contributed by atoms with van der Waals surface area (Å²) in [5, 5.41) is 5.25. The highest BCUT2D eigenvalue weighted by Gasteiger charge is 2.18. The molecule has 7 heteroatoms. The third-order valence-corrected chi connectivity index (χ3v) is 3.08. The minimum atomic E-state index is -0.337. The Balaban J connectivity index is 2.16. The zero-order chi connectivity index (χ0) is 15.4. The molecule has 2 aromatic rings. The van der Waals surface area contributed by atoms with Crippen molar-refractivity contribution in [3.8, 4) is 5.75 Å². The highest BCUT2D eigenvalue weighted by Crippen LogP contribution is 2.15. The third-order valence-electron chi connectivity index (χ3n) is 3.08. The largest absolute Gasteiger partial charge is 0.497 e. The summed E-state index contributed by atoms with van der Waals surface area (Å²) in [6.07, 6.45) is 1.61. The molecule has 7 nitrogen and oxygen atoms in total. The van der Waals surface area contributed by atoms with Gasteiger partial charge in [-0.2, -0.15) is 5.10 Å². The van der Waals surface area contributed by atoms with Crippen molar-refractivity contribution in [2.24, 2.45) is 0 Å². The standard InChI is InChI=1S/C14H18N4O3/c1-17(21-3)14(19)12-9-18(16-13(12)15)8-10-4-6-11(20-2)7-5-10/h4-7,9H,8H2,1-3H3,(H2,15,16). The Morgan fingerprint density at radius 3 is 2.57 bits per heavy atom. The van der Waals surface area contributed by atoms with Gasteiger partial charge in [0.2, 0.25) is 0 Å². The van der Waals surface area contributed by atoms with Crippen molar-refractivity contribution < 1.29 is 14.4 Å². The summed E-state index contributed by atoms with van der Waals surface area (Å²) in [5.74, 6) is 0.629. The molecule has 2 rings (SSSR count). The Hall–Kier alpha value is -2.54. The lowest BCUT2D eigenvalue weighted by Crippen LogP contribution is -2.25. The van der Waals surface area contributed by atoms with Crippen molar-refractivity contribution in [2.45, 2.75) is 6.54 Å². The van der Waals surface area contributed by atoms with Gasteiger partial charge < -0.3 is 10.5 Å². The maximum absolute atomic E-state index is 12.0. The number of benzene rings is 1. The van der Waals surface area contributed by atoms with Crippen LogP contribution in [0.5, 0.6) is 5.75 Å². The second-order valence-electron chi connectivity index (χ2n) is 4.46. The number of nitrogens with zero attached hydrogens (tertiary/aromatic N) is 3. The van der Waals surface area contributed by atoms with Gasteiger partial charge in [0.05, 0.1) is 20.8 Å². The average Bonchev–Trinajstić information content (AvgIpc) is 2.87. The lowest BCUT2D eigenvalue weighted by Gasteiger charge is -2.12. The van der Waals surface area contributed by atoms with Gasteiger partial charge in [0, 0.05) is 13.2 Å². The van der Waals surface area contributed by atoms with Gasteiger partial charge in [-0.3, -0.25) is 14.3 Å². The Kier molecular flexibility index (Phi) is 4.44. The topological polar surface area (TPSA) is 82.6 Å². The van der Waals surface area contributed by atoms with Gasteiger partial charge in [0.25, 0.3) is 5.91 Å². The first-order valence-corrected chi connectivity index (χ1v) is 6.33. The summed E-state index contributed by atoms with van der Waals surface area (Å²) in [4.78, 5) is 16.8. The Morgan fingerprint density at radius 1 is 1.33 bits per heavy atom. The van der Waals surface area contributed by atoms with E-state index in [0.29, 0.717) is 12.1 Å². The van der Waals surface area contributed by atoms with E-state index in [-0.39, 0.29) is 11.7 Å². The first kappa shape index (κ1) is 14.9. The summed E-state index contributed by atoms with van der Waals surface area (Å²) in [7, 11) is 4.55. The molecule has 21 heavy (non-hydrogen) atoms. The Labute approximate surface area is 122 Å². The maximum atomic E-state index is 12.0. The van der Waals surface area contributed by atoms with E-state index < -0.39 is 0 Å². The number of nitrogens with two attached hydrogens (primary N) is 1. The number of methoxy groups -OCH3 is 1. The lowest BCUT2D eigenvalue weighted by atomic mass is 10.2. The molecule has 1 aromatic heterocycles. The van der Waals surface area contributed by atoms with Gasteiger partial charge in [0.15, 0.2) is 5.82 Å². The number of hydrogen-bond acceptors (Lipinski definition) is 5. The number of nitrogen functional groups attached to an aromatic ring is 1. The maximum Gasteiger partial charge on any atom is 0.282 e. The summed E-state index contributed by atoms with van der Waals surface area (Å²) in [6, 6.07) is 7.60. The molecule has 0 saturated heterocycles. The van der Waals surface area contributed by atoms with E-state index in [9.17, 15) is 4.79 Å². The smallest absolute Gasteiger partial charge is 0.282 e. The molecule has 0 bridgehead atoms. The first-order valence-electron chi connectivity index (χ1n) is 6.33. The highest BCUT2D eigenvalue weighted by molar-refractivity contribution is 5.97. The van der Waals surface area contributed by atoms with Gasteiger partial charge in [-0.1, -0.05) is 12.1 Å². The van der Waals surface area contributed by atoms with Gasteiger partial charge in [-0.05, 0) is 17.7 Å². The van der Waals surface area contributed by atoms with E-state index in [2.05, 4.69) is 5.10 Å². The molecule has 0 saturated carbocycles. The molecule has 1 aromatic carbocycles. The van der Waals surface area contributed by atoms with Crippen LogP contribution in [-0.2, 0) is 11.4 Å². The summed E-state index contributed by atoms with van der Waals surface area (Å²) < 4.78 is 6.73.